The Kier molecular flexibility index (Phi) is 5.70. The van der Waals surface area contributed by atoms with E-state index < -0.39 is 8.32 Å². The molecule has 7 nitrogen and oxygen atoms in total. The van der Waals surface area contributed by atoms with Crippen molar-refractivity contribution in [1.29, 1.82) is 0 Å². The van der Waals surface area contributed by atoms with Gasteiger partial charge in [0.25, 0.3) is 8.32 Å². The first-order valence-corrected chi connectivity index (χ1v) is 15.0. The third-order valence-electron chi connectivity index (χ3n) is 8.04. The van der Waals surface area contributed by atoms with Gasteiger partial charge in [-0.25, -0.2) is 0 Å². The second-order valence-corrected chi connectivity index (χ2v) is 15.8. The fourth-order valence-electron chi connectivity index (χ4n) is 5.09. The average Bonchev–Trinajstić information content (AvgIpc) is 3.41. The molecule has 3 atom stereocenters. The van der Waals surface area contributed by atoms with Gasteiger partial charge in [0.05, 0.1) is 26.7 Å². The molecule has 2 heterocycles. The molecular weight excluding hydrogens is 464 g/mol. The van der Waals surface area contributed by atoms with Crippen LogP contribution in [0, 0.1) is 11.8 Å². The molecule has 0 radical (unpaired) electrons. The highest BCUT2D eigenvalue weighted by Crippen LogP contribution is 2.53. The van der Waals surface area contributed by atoms with Crippen molar-refractivity contribution in [2.24, 2.45) is 11.8 Å². The number of cyclic esters (lactones) is 1. The molecule has 2 aliphatic heterocycles. The number of esters is 1. The highest BCUT2D eigenvalue weighted by Gasteiger charge is 2.48. The molecule has 0 amide bonds. The molecule has 3 aliphatic rings. The van der Waals surface area contributed by atoms with Crippen LogP contribution >= 0.6 is 0 Å². The summed E-state index contributed by atoms with van der Waals surface area (Å²) in [7, 11) is 1.11. The number of hydrogen-bond donors (Lipinski definition) is 0. The number of fused-ring (bicyclic) bond motifs is 3. The fourth-order valence-corrected chi connectivity index (χ4v) is 6.11. The zero-order chi connectivity index (χ0) is 25.1. The lowest BCUT2D eigenvalue weighted by atomic mass is 9.67. The quantitative estimate of drug-likeness (QED) is 0.409. The van der Waals surface area contributed by atoms with Crippen molar-refractivity contribution in [1.82, 2.24) is 0 Å². The van der Waals surface area contributed by atoms with Gasteiger partial charge in [-0.3, -0.25) is 4.79 Å². The number of rotatable bonds is 5. The molecular formula is C27H34O7Si. The maximum Gasteiger partial charge on any atom is 0.310 e. The summed E-state index contributed by atoms with van der Waals surface area (Å²) in [5, 5.41) is 0.00722. The minimum Gasteiger partial charge on any atom is -0.539 e. The Hall–Kier alpha value is -2.87. The normalized spacial score (nSPS) is 22.8. The highest BCUT2D eigenvalue weighted by atomic mass is 28.4. The van der Waals surface area contributed by atoms with Gasteiger partial charge in [0.1, 0.15) is 0 Å². The van der Waals surface area contributed by atoms with Crippen molar-refractivity contribution in [2.45, 2.75) is 51.2 Å². The van der Waals surface area contributed by atoms with E-state index in [4.69, 9.17) is 28.1 Å². The third-order valence-corrected chi connectivity index (χ3v) is 12.4. The van der Waals surface area contributed by atoms with Crippen LogP contribution in [-0.2, 0) is 16.0 Å². The van der Waals surface area contributed by atoms with Gasteiger partial charge >= 0.3 is 5.97 Å². The zero-order valence-electron chi connectivity index (χ0n) is 21.5. The van der Waals surface area contributed by atoms with Gasteiger partial charge in [0, 0.05) is 11.8 Å². The monoisotopic (exact) mass is 498 g/mol. The fraction of sp³-hybridized carbons (Fsp3) is 0.519. The van der Waals surface area contributed by atoms with Crippen molar-refractivity contribution in [2.75, 3.05) is 27.6 Å². The van der Waals surface area contributed by atoms with Gasteiger partial charge in [-0.1, -0.05) is 20.8 Å². The summed E-state index contributed by atoms with van der Waals surface area (Å²) >= 11 is 0. The molecule has 1 aliphatic carbocycles. The lowest BCUT2D eigenvalue weighted by Crippen LogP contribution is -2.44. The number of benzene rings is 2. The van der Waals surface area contributed by atoms with E-state index in [0.717, 1.165) is 28.9 Å². The number of ether oxygens (including phenoxy) is 5. The molecule has 1 fully saturated rings. The van der Waals surface area contributed by atoms with Crippen LogP contribution in [0.2, 0.25) is 18.1 Å². The van der Waals surface area contributed by atoms with Crippen molar-refractivity contribution >= 4 is 14.3 Å². The van der Waals surface area contributed by atoms with E-state index >= 15 is 0 Å². The molecule has 2 aromatic rings. The number of carbonyl (C=O) groups is 1. The molecule has 8 heteroatoms. The van der Waals surface area contributed by atoms with Crippen molar-refractivity contribution in [3.05, 3.63) is 41.0 Å². The van der Waals surface area contributed by atoms with Gasteiger partial charge in [-0.2, -0.15) is 0 Å². The van der Waals surface area contributed by atoms with Crippen molar-refractivity contribution in [3.8, 4) is 28.7 Å². The Morgan fingerprint density at radius 1 is 0.943 bits per heavy atom. The standard InChI is InChI=1S/C27H34O7Si/c1-27(2,3)35(6,7)34-25-21(29-4)10-16(11-22(25)30-5)23-18-12-20-19(32-14-33-20)9-15(18)8-17-13-31-26(28)24(17)23/h9-12,17,23-24H,8,13-14H2,1-7H3/t17-,23+,24-/m0/s1. The Morgan fingerprint density at radius 3 is 2.17 bits per heavy atom. The van der Waals surface area contributed by atoms with Gasteiger partial charge in [-0.05, 0) is 65.5 Å². The summed E-state index contributed by atoms with van der Waals surface area (Å²) in [4.78, 5) is 12.9. The second-order valence-electron chi connectivity index (χ2n) is 11.1. The summed E-state index contributed by atoms with van der Waals surface area (Å²) < 4.78 is 35.2. The third kappa shape index (κ3) is 3.92. The van der Waals surface area contributed by atoms with E-state index in [1.807, 2.05) is 24.3 Å². The van der Waals surface area contributed by atoms with Crippen LogP contribution in [0.4, 0.5) is 0 Å². The van der Waals surface area contributed by atoms with Gasteiger partial charge in [0.15, 0.2) is 28.7 Å². The highest BCUT2D eigenvalue weighted by molar-refractivity contribution is 6.74. The first-order valence-electron chi connectivity index (χ1n) is 12.1. The first-order chi connectivity index (χ1) is 16.5. The molecule has 0 bridgehead atoms. The molecule has 0 spiro atoms. The van der Waals surface area contributed by atoms with Gasteiger partial charge in [0.2, 0.25) is 6.79 Å². The lowest BCUT2D eigenvalue weighted by molar-refractivity contribution is -0.141. The molecule has 0 aromatic heterocycles. The summed E-state index contributed by atoms with van der Waals surface area (Å²) in [5.74, 6) is 2.68. The summed E-state index contributed by atoms with van der Waals surface area (Å²) in [6, 6.07) is 8.03. The molecule has 5 rings (SSSR count). The number of hydrogen-bond acceptors (Lipinski definition) is 7. The van der Waals surface area contributed by atoms with E-state index in [9.17, 15) is 4.79 Å². The van der Waals surface area contributed by atoms with Gasteiger partial charge < -0.3 is 28.1 Å². The van der Waals surface area contributed by atoms with Crippen molar-refractivity contribution < 1.29 is 32.9 Å². The predicted molar refractivity (Wildman–Crippen MR) is 133 cm³/mol. The van der Waals surface area contributed by atoms with E-state index in [1.54, 1.807) is 14.2 Å². The van der Waals surface area contributed by atoms with Crippen molar-refractivity contribution in [3.63, 3.8) is 0 Å². The minimum atomic E-state index is -2.16. The lowest BCUT2D eigenvalue weighted by Gasteiger charge is -2.38. The maximum absolute atomic E-state index is 12.9. The summed E-state index contributed by atoms with van der Waals surface area (Å²) in [6.45, 7) is 11.6. The Labute approximate surface area is 207 Å². The molecule has 1 saturated heterocycles. The Bertz CT molecular complexity index is 1140. The van der Waals surface area contributed by atoms with Crippen LogP contribution in [0.15, 0.2) is 24.3 Å². The predicted octanol–water partition coefficient (Wildman–Crippen LogP) is 5.29. The van der Waals surface area contributed by atoms with E-state index in [-0.39, 0.29) is 35.6 Å². The molecule has 0 N–H and O–H groups in total. The average molecular weight is 499 g/mol. The zero-order valence-corrected chi connectivity index (χ0v) is 22.5. The first kappa shape index (κ1) is 23.8. The SMILES string of the molecule is COc1cc([C@@H]2c3cc4c(cc3C[C@H]3COC(=O)[C@@H]32)OCO4)cc(OC)c1O[Si](C)(C)C(C)(C)C. The molecule has 188 valence electrons. The van der Waals surface area contributed by atoms with Crippen LogP contribution in [0.25, 0.3) is 0 Å². The van der Waals surface area contributed by atoms with E-state index in [2.05, 4.69) is 33.9 Å². The number of carbonyl (C=O) groups excluding carboxylic acids is 1. The topological polar surface area (TPSA) is 72.5 Å². The Balaban J connectivity index is 1.65. The van der Waals surface area contributed by atoms with Crippen LogP contribution < -0.4 is 23.4 Å². The second kappa shape index (κ2) is 8.36. The largest absolute Gasteiger partial charge is 0.539 e. The smallest absolute Gasteiger partial charge is 0.310 e. The van der Waals surface area contributed by atoms with Crippen LogP contribution in [-0.4, -0.2) is 41.9 Å². The summed E-state index contributed by atoms with van der Waals surface area (Å²) in [6.07, 6.45) is 0.764. The van der Waals surface area contributed by atoms with E-state index in [1.165, 1.54) is 0 Å². The Morgan fingerprint density at radius 2 is 1.57 bits per heavy atom. The van der Waals surface area contributed by atoms with Crippen LogP contribution in [0.3, 0.4) is 0 Å². The van der Waals surface area contributed by atoms with Crippen LogP contribution in [0.5, 0.6) is 28.7 Å². The van der Waals surface area contributed by atoms with Crippen LogP contribution in [0.1, 0.15) is 43.4 Å². The maximum atomic E-state index is 12.9. The molecule has 0 unspecified atom stereocenters. The van der Waals surface area contributed by atoms with E-state index in [0.29, 0.717) is 29.6 Å². The molecule has 35 heavy (non-hydrogen) atoms. The minimum absolute atomic E-state index is 0.00722. The number of methoxy groups -OCH3 is 2. The molecule has 0 saturated carbocycles. The van der Waals surface area contributed by atoms with Gasteiger partial charge in [-0.15, -0.1) is 0 Å². The molecule has 2 aromatic carbocycles. The summed E-state index contributed by atoms with van der Waals surface area (Å²) in [5.41, 5.74) is 3.13.